The van der Waals surface area contributed by atoms with Gasteiger partial charge in [-0.1, -0.05) is 20.8 Å². The third-order valence-electron chi connectivity index (χ3n) is 3.97. The van der Waals surface area contributed by atoms with Crippen LogP contribution in [0.15, 0.2) is 0 Å². The molecule has 5 atom stereocenters. The molecule has 0 radical (unpaired) electrons. The van der Waals surface area contributed by atoms with E-state index in [1.165, 1.54) is 6.92 Å². The highest BCUT2D eigenvalue weighted by Gasteiger charge is 2.45. The van der Waals surface area contributed by atoms with Gasteiger partial charge in [-0.2, -0.15) is 0 Å². The fourth-order valence-electron chi connectivity index (χ4n) is 2.61. The van der Waals surface area contributed by atoms with Gasteiger partial charge in [0, 0.05) is 19.9 Å². The van der Waals surface area contributed by atoms with Gasteiger partial charge in [0.15, 0.2) is 6.29 Å². The van der Waals surface area contributed by atoms with Crippen LogP contribution in [0.25, 0.3) is 0 Å². The number of hydrogen-bond donors (Lipinski definition) is 5. The van der Waals surface area contributed by atoms with E-state index in [4.69, 9.17) is 14.2 Å². The summed E-state index contributed by atoms with van der Waals surface area (Å²) < 4.78 is 16.4. The Labute approximate surface area is 165 Å². The molecule has 0 aromatic heterocycles. The quantitative estimate of drug-likeness (QED) is 0.276. The molecule has 1 aliphatic heterocycles. The van der Waals surface area contributed by atoms with Crippen LogP contribution in [-0.2, 0) is 23.8 Å². The Hall–Kier alpha value is -1.30. The molecule has 0 saturated carbocycles. The predicted octanol–water partition coefficient (Wildman–Crippen LogP) is -1.48. The SMILES string of the molecule is CC(=O)NC1C(OCCNC(=O)CCOCC(C)(C)C)OC(CO)C(O)C1O. The zero-order valence-electron chi connectivity index (χ0n) is 17.0. The molecule has 2 amide bonds. The van der Waals surface area contributed by atoms with Crippen molar-refractivity contribution in [2.24, 2.45) is 5.41 Å². The van der Waals surface area contributed by atoms with Crippen LogP contribution in [0.2, 0.25) is 0 Å². The summed E-state index contributed by atoms with van der Waals surface area (Å²) in [6.45, 7) is 8.00. The Morgan fingerprint density at radius 3 is 2.39 bits per heavy atom. The lowest BCUT2D eigenvalue weighted by molar-refractivity contribution is -0.269. The fraction of sp³-hybridized carbons (Fsp3) is 0.889. The van der Waals surface area contributed by atoms with Crippen molar-refractivity contribution in [1.29, 1.82) is 0 Å². The first-order valence-electron chi connectivity index (χ1n) is 9.40. The summed E-state index contributed by atoms with van der Waals surface area (Å²) in [6, 6.07) is -1.00. The van der Waals surface area contributed by atoms with Gasteiger partial charge in [0.25, 0.3) is 0 Å². The molecule has 0 aromatic rings. The van der Waals surface area contributed by atoms with Crippen LogP contribution in [0.3, 0.4) is 0 Å². The van der Waals surface area contributed by atoms with Gasteiger partial charge < -0.3 is 40.2 Å². The first kappa shape index (κ1) is 24.7. The number of rotatable bonds is 10. The second-order valence-corrected chi connectivity index (χ2v) is 8.02. The summed E-state index contributed by atoms with van der Waals surface area (Å²) in [5, 5.41) is 34.5. The van der Waals surface area contributed by atoms with Gasteiger partial charge in [-0.05, 0) is 5.41 Å². The second kappa shape index (κ2) is 11.6. The highest BCUT2D eigenvalue weighted by atomic mass is 16.7. The molecule has 1 heterocycles. The maximum Gasteiger partial charge on any atom is 0.222 e. The standard InChI is InChI=1S/C18H34N2O8/c1-11(22)20-14-16(25)15(24)12(9-21)28-17(14)27-8-6-19-13(23)5-7-26-10-18(2,3)4/h12,14-17,21,24-25H,5-10H2,1-4H3,(H,19,23)(H,20,22). The average Bonchev–Trinajstić information content (AvgIpc) is 2.60. The van der Waals surface area contributed by atoms with E-state index in [0.717, 1.165) is 0 Å². The highest BCUT2D eigenvalue weighted by Crippen LogP contribution is 2.22. The van der Waals surface area contributed by atoms with Gasteiger partial charge in [0.05, 0.1) is 26.4 Å². The largest absolute Gasteiger partial charge is 0.394 e. The summed E-state index contributed by atoms with van der Waals surface area (Å²) in [5.41, 5.74) is 0.0410. The molecule has 1 saturated heterocycles. The van der Waals surface area contributed by atoms with E-state index >= 15 is 0 Å². The first-order valence-corrected chi connectivity index (χ1v) is 9.40. The molecule has 5 N–H and O–H groups in total. The van der Waals surface area contributed by atoms with Gasteiger partial charge in [-0.3, -0.25) is 9.59 Å². The zero-order chi connectivity index (χ0) is 21.3. The average molecular weight is 406 g/mol. The molecule has 28 heavy (non-hydrogen) atoms. The van der Waals surface area contributed by atoms with E-state index in [9.17, 15) is 24.9 Å². The van der Waals surface area contributed by atoms with Crippen LogP contribution >= 0.6 is 0 Å². The molecule has 1 aliphatic rings. The molecule has 10 heteroatoms. The molecular weight excluding hydrogens is 372 g/mol. The highest BCUT2D eigenvalue weighted by molar-refractivity contribution is 5.75. The van der Waals surface area contributed by atoms with Crippen molar-refractivity contribution in [1.82, 2.24) is 10.6 Å². The maximum absolute atomic E-state index is 11.8. The summed E-state index contributed by atoms with van der Waals surface area (Å²) in [5.74, 6) is -0.622. The number of carbonyl (C=O) groups excluding carboxylic acids is 2. The predicted molar refractivity (Wildman–Crippen MR) is 99.2 cm³/mol. The second-order valence-electron chi connectivity index (χ2n) is 8.02. The van der Waals surface area contributed by atoms with Crippen LogP contribution in [0.1, 0.15) is 34.1 Å². The summed E-state index contributed by atoms with van der Waals surface area (Å²) in [7, 11) is 0. The zero-order valence-corrected chi connectivity index (χ0v) is 17.0. The van der Waals surface area contributed by atoms with Crippen molar-refractivity contribution in [3.05, 3.63) is 0 Å². The molecule has 0 spiro atoms. The van der Waals surface area contributed by atoms with Gasteiger partial charge in [0.1, 0.15) is 24.4 Å². The first-order chi connectivity index (χ1) is 13.0. The number of amides is 2. The van der Waals surface area contributed by atoms with Gasteiger partial charge >= 0.3 is 0 Å². The van der Waals surface area contributed by atoms with Crippen LogP contribution in [0.5, 0.6) is 0 Å². The van der Waals surface area contributed by atoms with E-state index in [0.29, 0.717) is 13.2 Å². The smallest absolute Gasteiger partial charge is 0.222 e. The third kappa shape index (κ3) is 8.80. The number of hydrogen-bond acceptors (Lipinski definition) is 8. The summed E-state index contributed by atoms with van der Waals surface area (Å²) in [4.78, 5) is 23.1. The normalized spacial score (nSPS) is 28.0. The van der Waals surface area contributed by atoms with E-state index in [-0.39, 0.29) is 30.9 Å². The molecule has 5 unspecified atom stereocenters. The van der Waals surface area contributed by atoms with Crippen molar-refractivity contribution in [3.63, 3.8) is 0 Å². The number of carbonyl (C=O) groups is 2. The fourth-order valence-corrected chi connectivity index (χ4v) is 2.61. The lowest BCUT2D eigenvalue weighted by atomic mass is 9.97. The number of aliphatic hydroxyl groups excluding tert-OH is 3. The molecule has 1 fully saturated rings. The van der Waals surface area contributed by atoms with Crippen molar-refractivity contribution < 1.29 is 39.1 Å². The van der Waals surface area contributed by atoms with Gasteiger partial charge in [-0.25, -0.2) is 0 Å². The topological polar surface area (TPSA) is 147 Å². The monoisotopic (exact) mass is 406 g/mol. The summed E-state index contributed by atoms with van der Waals surface area (Å²) in [6.07, 6.45) is -4.63. The minimum absolute atomic E-state index is 0.0410. The molecule has 0 aromatic carbocycles. The van der Waals surface area contributed by atoms with E-state index in [1.807, 2.05) is 20.8 Å². The Kier molecular flexibility index (Phi) is 10.3. The van der Waals surface area contributed by atoms with Gasteiger partial charge in [0.2, 0.25) is 11.8 Å². The van der Waals surface area contributed by atoms with Crippen LogP contribution < -0.4 is 10.6 Å². The van der Waals surface area contributed by atoms with Crippen molar-refractivity contribution in [3.8, 4) is 0 Å². The minimum Gasteiger partial charge on any atom is -0.394 e. The number of aliphatic hydroxyl groups is 3. The molecule has 0 aliphatic carbocycles. The molecule has 10 nitrogen and oxygen atoms in total. The molecule has 164 valence electrons. The van der Waals surface area contributed by atoms with E-state index in [2.05, 4.69) is 10.6 Å². The van der Waals surface area contributed by atoms with Gasteiger partial charge in [-0.15, -0.1) is 0 Å². The van der Waals surface area contributed by atoms with E-state index < -0.39 is 43.2 Å². The lowest BCUT2D eigenvalue weighted by Crippen LogP contribution is -2.64. The molecule has 0 bridgehead atoms. The van der Waals surface area contributed by atoms with Crippen molar-refractivity contribution in [2.75, 3.05) is 33.0 Å². The number of ether oxygens (including phenoxy) is 3. The minimum atomic E-state index is -1.37. The molecule has 1 rings (SSSR count). The van der Waals surface area contributed by atoms with Crippen molar-refractivity contribution >= 4 is 11.8 Å². The Morgan fingerprint density at radius 2 is 1.82 bits per heavy atom. The summed E-state index contributed by atoms with van der Waals surface area (Å²) >= 11 is 0. The maximum atomic E-state index is 11.8. The van der Waals surface area contributed by atoms with E-state index in [1.54, 1.807) is 0 Å². The lowest BCUT2D eigenvalue weighted by Gasteiger charge is -2.42. The molecular formula is C18H34N2O8. The van der Waals surface area contributed by atoms with Crippen molar-refractivity contribution in [2.45, 2.75) is 64.8 Å². The van der Waals surface area contributed by atoms with Crippen LogP contribution in [0, 0.1) is 5.41 Å². The Balaban J connectivity index is 2.37. The van der Waals surface area contributed by atoms with Crippen LogP contribution in [-0.4, -0.2) is 90.7 Å². The van der Waals surface area contributed by atoms with Crippen LogP contribution in [0.4, 0.5) is 0 Å². The number of nitrogens with one attached hydrogen (secondary N) is 2. The Bertz CT molecular complexity index is 496. The third-order valence-corrected chi connectivity index (χ3v) is 3.97. The Morgan fingerprint density at radius 1 is 1.14 bits per heavy atom.